The summed E-state index contributed by atoms with van der Waals surface area (Å²) in [4.78, 5) is 0. The van der Waals surface area contributed by atoms with Gasteiger partial charge in [0, 0.05) is 19.3 Å². The van der Waals surface area contributed by atoms with Gasteiger partial charge in [0.2, 0.25) is 0 Å². The number of aromatic nitrogens is 2. The van der Waals surface area contributed by atoms with Gasteiger partial charge >= 0.3 is 0 Å². The molecular formula is C13H23N3. The van der Waals surface area contributed by atoms with Crippen LogP contribution in [0.4, 0.5) is 0 Å². The highest BCUT2D eigenvalue weighted by molar-refractivity contribution is 5.08. The van der Waals surface area contributed by atoms with Crippen LogP contribution >= 0.6 is 0 Å². The Morgan fingerprint density at radius 1 is 1.56 bits per heavy atom. The summed E-state index contributed by atoms with van der Waals surface area (Å²) in [6.07, 6.45) is 9.38. The maximum atomic E-state index is 4.22. The smallest absolute Gasteiger partial charge is 0.0521 e. The van der Waals surface area contributed by atoms with E-state index in [-0.39, 0.29) is 0 Å². The second-order valence-corrected chi connectivity index (χ2v) is 5.16. The van der Waals surface area contributed by atoms with Crippen molar-refractivity contribution in [2.45, 2.75) is 45.6 Å². The molecule has 0 saturated heterocycles. The van der Waals surface area contributed by atoms with Crippen LogP contribution in [0.5, 0.6) is 0 Å². The van der Waals surface area contributed by atoms with Crippen LogP contribution in [0.3, 0.4) is 0 Å². The van der Waals surface area contributed by atoms with Crippen molar-refractivity contribution in [3.8, 4) is 0 Å². The van der Waals surface area contributed by atoms with Crippen molar-refractivity contribution in [2.24, 2.45) is 12.5 Å². The van der Waals surface area contributed by atoms with Gasteiger partial charge in [-0.3, -0.25) is 4.68 Å². The average Bonchev–Trinajstić information content (AvgIpc) is 2.94. The van der Waals surface area contributed by atoms with Gasteiger partial charge in [-0.15, -0.1) is 0 Å². The van der Waals surface area contributed by atoms with Crippen LogP contribution < -0.4 is 5.32 Å². The van der Waals surface area contributed by atoms with E-state index in [1.54, 1.807) is 0 Å². The molecule has 1 aromatic rings. The Hall–Kier alpha value is -0.830. The largest absolute Gasteiger partial charge is 0.314 e. The van der Waals surface area contributed by atoms with Gasteiger partial charge in [0.1, 0.15) is 0 Å². The summed E-state index contributed by atoms with van der Waals surface area (Å²) in [7, 11) is 1.98. The first kappa shape index (κ1) is 11.6. The highest BCUT2D eigenvalue weighted by Crippen LogP contribution is 2.52. The molecule has 0 radical (unpaired) electrons. The molecule has 0 aliphatic heterocycles. The number of hydrogen-bond donors (Lipinski definition) is 1. The monoisotopic (exact) mass is 221 g/mol. The number of aryl methyl sites for hydroxylation is 2. The standard InChI is InChI=1S/C13H23N3/c1-4-14-11(2)13(7-8-13)6-5-12-9-15-16(3)10-12/h9-11,14H,4-8H2,1-3H3. The first-order valence-electron chi connectivity index (χ1n) is 6.37. The third-order valence-electron chi connectivity index (χ3n) is 3.99. The van der Waals surface area contributed by atoms with Gasteiger partial charge in [-0.1, -0.05) is 6.92 Å². The van der Waals surface area contributed by atoms with E-state index in [2.05, 4.69) is 30.5 Å². The maximum absolute atomic E-state index is 4.22. The van der Waals surface area contributed by atoms with Crippen molar-refractivity contribution in [2.75, 3.05) is 6.54 Å². The van der Waals surface area contributed by atoms with E-state index in [9.17, 15) is 0 Å². The summed E-state index contributed by atoms with van der Waals surface area (Å²) < 4.78 is 1.89. The Bertz CT molecular complexity index is 339. The Labute approximate surface area is 98.2 Å². The van der Waals surface area contributed by atoms with Gasteiger partial charge < -0.3 is 5.32 Å². The second kappa shape index (κ2) is 4.58. The fourth-order valence-corrected chi connectivity index (χ4v) is 2.58. The first-order chi connectivity index (χ1) is 7.66. The Balaban J connectivity index is 1.85. The van der Waals surface area contributed by atoms with Gasteiger partial charge in [-0.05, 0) is 50.1 Å². The maximum Gasteiger partial charge on any atom is 0.0521 e. The summed E-state index contributed by atoms with van der Waals surface area (Å²) in [5.74, 6) is 0. The zero-order valence-electron chi connectivity index (χ0n) is 10.7. The molecule has 16 heavy (non-hydrogen) atoms. The van der Waals surface area contributed by atoms with E-state index >= 15 is 0 Å². The highest BCUT2D eigenvalue weighted by Gasteiger charge is 2.46. The fraction of sp³-hybridized carbons (Fsp3) is 0.769. The van der Waals surface area contributed by atoms with Crippen LogP contribution in [-0.2, 0) is 13.5 Å². The van der Waals surface area contributed by atoms with E-state index in [1.807, 2.05) is 17.9 Å². The van der Waals surface area contributed by atoms with E-state index in [1.165, 1.54) is 31.2 Å². The minimum absolute atomic E-state index is 0.575. The van der Waals surface area contributed by atoms with Gasteiger partial charge in [-0.2, -0.15) is 5.10 Å². The van der Waals surface area contributed by atoms with Crippen LogP contribution in [0.2, 0.25) is 0 Å². The van der Waals surface area contributed by atoms with Crippen molar-refractivity contribution in [3.63, 3.8) is 0 Å². The van der Waals surface area contributed by atoms with Gasteiger partial charge in [-0.25, -0.2) is 0 Å². The molecule has 1 heterocycles. The molecule has 0 amide bonds. The predicted molar refractivity (Wildman–Crippen MR) is 66.3 cm³/mol. The summed E-state index contributed by atoms with van der Waals surface area (Å²) >= 11 is 0. The molecular weight excluding hydrogens is 198 g/mol. The molecule has 1 atom stereocenters. The number of hydrogen-bond acceptors (Lipinski definition) is 2. The van der Waals surface area contributed by atoms with Crippen molar-refractivity contribution >= 4 is 0 Å². The van der Waals surface area contributed by atoms with E-state index in [0.29, 0.717) is 11.5 Å². The molecule has 3 nitrogen and oxygen atoms in total. The number of rotatable bonds is 6. The fourth-order valence-electron chi connectivity index (χ4n) is 2.58. The quantitative estimate of drug-likeness (QED) is 0.797. The van der Waals surface area contributed by atoms with Gasteiger partial charge in [0.25, 0.3) is 0 Å². The van der Waals surface area contributed by atoms with Crippen LogP contribution in [0.1, 0.15) is 38.7 Å². The van der Waals surface area contributed by atoms with Gasteiger partial charge in [0.05, 0.1) is 6.20 Å². The molecule has 90 valence electrons. The lowest BCUT2D eigenvalue weighted by atomic mass is 9.91. The molecule has 1 fully saturated rings. The van der Waals surface area contributed by atoms with Crippen molar-refractivity contribution in [1.29, 1.82) is 0 Å². The average molecular weight is 221 g/mol. The molecule has 1 aromatic heterocycles. The molecule has 0 spiro atoms. The summed E-state index contributed by atoms with van der Waals surface area (Å²) in [5.41, 5.74) is 1.95. The lowest BCUT2D eigenvalue weighted by Gasteiger charge is -2.23. The SMILES string of the molecule is CCNC(C)C1(CCc2cnn(C)c2)CC1. The second-order valence-electron chi connectivity index (χ2n) is 5.16. The lowest BCUT2D eigenvalue weighted by molar-refractivity contribution is 0.335. The topological polar surface area (TPSA) is 29.9 Å². The third-order valence-corrected chi connectivity index (χ3v) is 3.99. The Morgan fingerprint density at radius 3 is 2.81 bits per heavy atom. The third kappa shape index (κ3) is 2.46. The normalized spacial score (nSPS) is 19.7. The molecule has 3 heteroatoms. The van der Waals surface area contributed by atoms with Crippen molar-refractivity contribution in [1.82, 2.24) is 15.1 Å². The molecule has 1 N–H and O–H groups in total. The van der Waals surface area contributed by atoms with E-state index in [4.69, 9.17) is 0 Å². The predicted octanol–water partition coefficient (Wildman–Crippen LogP) is 2.13. The van der Waals surface area contributed by atoms with Gasteiger partial charge in [0.15, 0.2) is 0 Å². The highest BCUT2D eigenvalue weighted by atomic mass is 15.2. The van der Waals surface area contributed by atoms with Crippen LogP contribution in [0.25, 0.3) is 0 Å². The molecule has 0 bridgehead atoms. The van der Waals surface area contributed by atoms with Crippen molar-refractivity contribution in [3.05, 3.63) is 18.0 Å². The molecule has 1 aliphatic rings. The minimum atomic E-state index is 0.575. The molecule has 1 saturated carbocycles. The zero-order chi connectivity index (χ0) is 11.6. The number of nitrogens with zero attached hydrogens (tertiary/aromatic N) is 2. The molecule has 1 aliphatic carbocycles. The summed E-state index contributed by atoms with van der Waals surface area (Å²) in [6.45, 7) is 5.60. The van der Waals surface area contributed by atoms with E-state index < -0.39 is 0 Å². The summed E-state index contributed by atoms with van der Waals surface area (Å²) in [6, 6.07) is 0.661. The Kier molecular flexibility index (Phi) is 3.33. The lowest BCUT2D eigenvalue weighted by Crippen LogP contribution is -2.35. The van der Waals surface area contributed by atoms with Crippen LogP contribution in [-0.4, -0.2) is 22.4 Å². The molecule has 1 unspecified atom stereocenters. The van der Waals surface area contributed by atoms with Crippen LogP contribution in [0.15, 0.2) is 12.4 Å². The Morgan fingerprint density at radius 2 is 2.31 bits per heavy atom. The zero-order valence-corrected chi connectivity index (χ0v) is 10.7. The number of nitrogens with one attached hydrogen (secondary N) is 1. The van der Waals surface area contributed by atoms with E-state index in [0.717, 1.165) is 6.54 Å². The van der Waals surface area contributed by atoms with Crippen LogP contribution in [0, 0.1) is 5.41 Å². The molecule has 0 aromatic carbocycles. The first-order valence-corrected chi connectivity index (χ1v) is 6.37. The summed E-state index contributed by atoms with van der Waals surface area (Å²) in [5, 5.41) is 7.79. The minimum Gasteiger partial charge on any atom is -0.314 e. The molecule has 2 rings (SSSR count). The van der Waals surface area contributed by atoms with Crippen molar-refractivity contribution < 1.29 is 0 Å².